The molecule has 0 saturated carbocycles. The molecule has 0 bridgehead atoms. The monoisotopic (exact) mass is 404 g/mol. The average Bonchev–Trinajstić information content (AvgIpc) is 3.30. The molecule has 3 heterocycles. The summed E-state index contributed by atoms with van der Waals surface area (Å²) in [7, 11) is 0. The predicted octanol–water partition coefficient (Wildman–Crippen LogP) is 3.40. The standard InChI is InChI=1S/C22H20N4O4/c1-14-12-25-19(30-14)7-4-9-29-18-11-15(28-10-8-23)13-26-17-6-3-2-5-16(17)20(21(18)26)22(24)27/h2-3,5-6,11-13H,4,7,9-10H2,1H3,(H2,24,27). The maximum Gasteiger partial charge on any atom is 0.251 e. The van der Waals surface area contributed by atoms with Crippen LogP contribution in [0.15, 0.2) is 47.1 Å². The number of pyridine rings is 1. The van der Waals surface area contributed by atoms with E-state index >= 15 is 0 Å². The first-order valence-electron chi connectivity index (χ1n) is 9.49. The van der Waals surface area contributed by atoms with Crippen molar-refractivity contribution in [2.75, 3.05) is 13.2 Å². The van der Waals surface area contributed by atoms with Gasteiger partial charge in [0, 0.05) is 17.9 Å². The Morgan fingerprint density at radius 1 is 1.33 bits per heavy atom. The number of para-hydroxylation sites is 1. The molecule has 0 aliphatic heterocycles. The summed E-state index contributed by atoms with van der Waals surface area (Å²) in [6.07, 6.45) is 4.70. The zero-order valence-corrected chi connectivity index (χ0v) is 16.4. The molecule has 152 valence electrons. The summed E-state index contributed by atoms with van der Waals surface area (Å²) in [5, 5.41) is 9.58. The molecule has 0 atom stereocenters. The number of hydrogen-bond donors (Lipinski definition) is 1. The number of nitrogens with two attached hydrogens (primary N) is 1. The van der Waals surface area contributed by atoms with Crippen molar-refractivity contribution in [3.05, 3.63) is 59.9 Å². The Labute approximate surface area is 172 Å². The SMILES string of the molecule is Cc1cnc(CCCOc2cc(OCC#N)cn3c2c(C(N)=O)c2ccccc23)o1. The number of primary amides is 1. The van der Waals surface area contributed by atoms with Gasteiger partial charge < -0.3 is 24.0 Å². The van der Waals surface area contributed by atoms with Crippen LogP contribution in [0.5, 0.6) is 11.5 Å². The molecular weight excluding hydrogens is 384 g/mol. The molecule has 0 fully saturated rings. The van der Waals surface area contributed by atoms with E-state index < -0.39 is 5.91 Å². The van der Waals surface area contributed by atoms with E-state index in [1.807, 2.05) is 41.7 Å². The number of fused-ring (bicyclic) bond motifs is 3. The molecule has 0 saturated heterocycles. The summed E-state index contributed by atoms with van der Waals surface area (Å²) < 4.78 is 18.8. The van der Waals surface area contributed by atoms with Gasteiger partial charge in [-0.15, -0.1) is 0 Å². The summed E-state index contributed by atoms with van der Waals surface area (Å²) in [6.45, 7) is 2.12. The highest BCUT2D eigenvalue weighted by molar-refractivity contribution is 6.14. The zero-order valence-electron chi connectivity index (χ0n) is 16.4. The van der Waals surface area contributed by atoms with Crippen molar-refractivity contribution in [1.82, 2.24) is 9.38 Å². The fraction of sp³-hybridized carbons (Fsp3) is 0.227. The quantitative estimate of drug-likeness (QED) is 0.450. The lowest BCUT2D eigenvalue weighted by atomic mass is 10.1. The second-order valence-corrected chi connectivity index (χ2v) is 6.78. The Balaban J connectivity index is 1.72. The third kappa shape index (κ3) is 3.65. The maximum atomic E-state index is 12.3. The molecular formula is C22H20N4O4. The minimum atomic E-state index is -0.542. The van der Waals surface area contributed by atoms with Crippen LogP contribution in [-0.4, -0.2) is 28.5 Å². The van der Waals surface area contributed by atoms with E-state index in [4.69, 9.17) is 24.9 Å². The molecule has 4 rings (SSSR count). The summed E-state index contributed by atoms with van der Waals surface area (Å²) in [5.41, 5.74) is 7.46. The van der Waals surface area contributed by atoms with E-state index in [0.29, 0.717) is 47.9 Å². The van der Waals surface area contributed by atoms with E-state index in [-0.39, 0.29) is 6.61 Å². The number of ether oxygens (including phenoxy) is 2. The third-order valence-corrected chi connectivity index (χ3v) is 4.69. The Hall–Kier alpha value is -3.99. The van der Waals surface area contributed by atoms with Gasteiger partial charge in [0.1, 0.15) is 28.8 Å². The first-order valence-corrected chi connectivity index (χ1v) is 9.49. The molecule has 1 aromatic carbocycles. The molecule has 3 aromatic heterocycles. The number of nitriles is 1. The molecule has 30 heavy (non-hydrogen) atoms. The van der Waals surface area contributed by atoms with Gasteiger partial charge in [-0.2, -0.15) is 5.26 Å². The van der Waals surface area contributed by atoms with Crippen molar-refractivity contribution >= 4 is 22.3 Å². The summed E-state index contributed by atoms with van der Waals surface area (Å²) in [5.74, 6) is 1.79. The van der Waals surface area contributed by atoms with Crippen LogP contribution >= 0.6 is 0 Å². The largest absolute Gasteiger partial charge is 0.491 e. The van der Waals surface area contributed by atoms with Crippen LogP contribution in [0.25, 0.3) is 16.4 Å². The third-order valence-electron chi connectivity index (χ3n) is 4.69. The maximum absolute atomic E-state index is 12.3. The van der Waals surface area contributed by atoms with Crippen LogP contribution in [0.3, 0.4) is 0 Å². The summed E-state index contributed by atoms with van der Waals surface area (Å²) in [6, 6.07) is 11.1. The van der Waals surface area contributed by atoms with Crippen LogP contribution < -0.4 is 15.2 Å². The van der Waals surface area contributed by atoms with Crippen molar-refractivity contribution in [3.63, 3.8) is 0 Å². The number of carbonyl (C=O) groups is 1. The summed E-state index contributed by atoms with van der Waals surface area (Å²) in [4.78, 5) is 16.5. The zero-order chi connectivity index (χ0) is 21.1. The molecule has 0 aliphatic carbocycles. The number of benzene rings is 1. The number of amides is 1. The van der Waals surface area contributed by atoms with E-state index in [9.17, 15) is 4.79 Å². The van der Waals surface area contributed by atoms with Crippen molar-refractivity contribution in [3.8, 4) is 17.6 Å². The van der Waals surface area contributed by atoms with E-state index in [0.717, 1.165) is 16.7 Å². The fourth-order valence-electron chi connectivity index (χ4n) is 3.48. The lowest BCUT2D eigenvalue weighted by Gasteiger charge is -2.12. The predicted molar refractivity (Wildman–Crippen MR) is 110 cm³/mol. The van der Waals surface area contributed by atoms with Gasteiger partial charge in [0.25, 0.3) is 5.91 Å². The van der Waals surface area contributed by atoms with Crippen molar-refractivity contribution in [1.29, 1.82) is 5.26 Å². The van der Waals surface area contributed by atoms with Gasteiger partial charge in [-0.25, -0.2) is 4.98 Å². The minimum absolute atomic E-state index is 0.101. The van der Waals surface area contributed by atoms with Crippen LogP contribution in [0.1, 0.15) is 28.4 Å². The van der Waals surface area contributed by atoms with Crippen LogP contribution in [0.4, 0.5) is 0 Å². The van der Waals surface area contributed by atoms with Gasteiger partial charge in [-0.1, -0.05) is 18.2 Å². The van der Waals surface area contributed by atoms with Crippen LogP contribution in [0, 0.1) is 18.3 Å². The lowest BCUT2D eigenvalue weighted by Crippen LogP contribution is -2.12. The normalized spacial score (nSPS) is 10.9. The molecule has 8 nitrogen and oxygen atoms in total. The smallest absolute Gasteiger partial charge is 0.251 e. The number of aromatic nitrogens is 2. The molecule has 0 spiro atoms. The topological polar surface area (TPSA) is 116 Å². The number of carbonyl (C=O) groups excluding carboxylic acids is 1. The van der Waals surface area contributed by atoms with Crippen molar-refractivity contribution in [2.45, 2.75) is 19.8 Å². The second-order valence-electron chi connectivity index (χ2n) is 6.78. The first-order chi connectivity index (χ1) is 14.6. The number of hydrogen-bond acceptors (Lipinski definition) is 6. The summed E-state index contributed by atoms with van der Waals surface area (Å²) >= 11 is 0. The molecule has 1 amide bonds. The Bertz CT molecular complexity index is 1270. The van der Waals surface area contributed by atoms with E-state index in [1.54, 1.807) is 18.5 Å². The highest BCUT2D eigenvalue weighted by Gasteiger charge is 2.21. The van der Waals surface area contributed by atoms with Crippen LogP contribution in [-0.2, 0) is 6.42 Å². The first kappa shape index (κ1) is 19.3. The van der Waals surface area contributed by atoms with Gasteiger partial charge in [0.2, 0.25) is 0 Å². The number of nitrogens with zero attached hydrogens (tertiary/aromatic N) is 3. The van der Waals surface area contributed by atoms with E-state index in [1.165, 1.54) is 0 Å². The highest BCUT2D eigenvalue weighted by Crippen LogP contribution is 2.35. The lowest BCUT2D eigenvalue weighted by molar-refractivity contribution is 0.100. The molecule has 0 aliphatic rings. The minimum Gasteiger partial charge on any atom is -0.491 e. The van der Waals surface area contributed by atoms with Crippen molar-refractivity contribution in [2.24, 2.45) is 5.73 Å². The molecule has 4 aromatic rings. The molecule has 2 N–H and O–H groups in total. The van der Waals surface area contributed by atoms with Crippen LogP contribution in [0.2, 0.25) is 0 Å². The molecule has 8 heteroatoms. The Kier molecular flexibility index (Phi) is 5.26. The van der Waals surface area contributed by atoms with Gasteiger partial charge >= 0.3 is 0 Å². The van der Waals surface area contributed by atoms with Gasteiger partial charge in [-0.3, -0.25) is 4.79 Å². The Morgan fingerprint density at radius 2 is 2.17 bits per heavy atom. The molecule has 0 radical (unpaired) electrons. The number of aryl methyl sites for hydroxylation is 2. The Morgan fingerprint density at radius 3 is 2.90 bits per heavy atom. The van der Waals surface area contributed by atoms with Gasteiger partial charge in [-0.05, 0) is 19.4 Å². The average molecular weight is 404 g/mol. The molecule has 0 unspecified atom stereocenters. The number of rotatable bonds is 8. The fourth-order valence-corrected chi connectivity index (χ4v) is 3.48. The van der Waals surface area contributed by atoms with Crippen molar-refractivity contribution < 1.29 is 18.7 Å². The van der Waals surface area contributed by atoms with Gasteiger partial charge in [0.15, 0.2) is 12.5 Å². The number of oxazole rings is 1. The van der Waals surface area contributed by atoms with Gasteiger partial charge in [0.05, 0.1) is 30.1 Å². The highest BCUT2D eigenvalue weighted by atomic mass is 16.5. The second kappa shape index (κ2) is 8.17. The van der Waals surface area contributed by atoms with E-state index in [2.05, 4.69) is 4.98 Å².